The van der Waals surface area contributed by atoms with Gasteiger partial charge in [0.05, 0.1) is 11.8 Å². The molecule has 1 amide bonds. The van der Waals surface area contributed by atoms with E-state index in [1.165, 1.54) is 6.21 Å². The summed E-state index contributed by atoms with van der Waals surface area (Å²) in [4.78, 5) is 26.4. The van der Waals surface area contributed by atoms with Crippen LogP contribution in [0.15, 0.2) is 64.5 Å². The van der Waals surface area contributed by atoms with E-state index in [1.54, 1.807) is 30.3 Å². The van der Waals surface area contributed by atoms with Crippen LogP contribution >= 0.6 is 11.6 Å². The highest BCUT2D eigenvalue weighted by atomic mass is 35.5. The standard InChI is InChI=1S/C18H14ClN3O3/c19-14-5-7-15(8-6-14)25-11-17(23)22-20-10-13-9-12-3-1-2-4-16(12)21-18(13)24/h1-10H,11H2,(H,21,24)(H,22,23). The van der Waals surface area contributed by atoms with Gasteiger partial charge in [0.25, 0.3) is 11.5 Å². The number of carbonyl (C=O) groups excluding carboxylic acids is 1. The van der Waals surface area contributed by atoms with Crippen LogP contribution in [0.25, 0.3) is 10.9 Å². The maximum absolute atomic E-state index is 12.0. The summed E-state index contributed by atoms with van der Waals surface area (Å²) in [7, 11) is 0. The molecule has 7 heteroatoms. The van der Waals surface area contributed by atoms with Crippen LogP contribution in [0, 0.1) is 0 Å². The van der Waals surface area contributed by atoms with Gasteiger partial charge in [0.1, 0.15) is 5.75 Å². The van der Waals surface area contributed by atoms with Crippen molar-refractivity contribution in [1.29, 1.82) is 0 Å². The fraction of sp³-hybridized carbons (Fsp3) is 0.0556. The number of hydrazone groups is 1. The monoisotopic (exact) mass is 355 g/mol. The van der Waals surface area contributed by atoms with E-state index >= 15 is 0 Å². The lowest BCUT2D eigenvalue weighted by molar-refractivity contribution is -0.123. The van der Waals surface area contributed by atoms with Crippen LogP contribution in [0.4, 0.5) is 0 Å². The van der Waals surface area contributed by atoms with Crippen LogP contribution in [-0.2, 0) is 4.79 Å². The third kappa shape index (κ3) is 4.45. The highest BCUT2D eigenvalue weighted by Crippen LogP contribution is 2.15. The predicted molar refractivity (Wildman–Crippen MR) is 97.3 cm³/mol. The number of amides is 1. The molecule has 2 aromatic carbocycles. The first-order valence-corrected chi connectivity index (χ1v) is 7.82. The molecule has 25 heavy (non-hydrogen) atoms. The molecule has 0 bridgehead atoms. The Hall–Kier alpha value is -3.12. The first kappa shape index (κ1) is 16.7. The number of benzene rings is 2. The molecule has 3 rings (SSSR count). The quantitative estimate of drug-likeness (QED) is 0.545. The molecule has 0 unspecified atom stereocenters. The molecular weight excluding hydrogens is 342 g/mol. The summed E-state index contributed by atoms with van der Waals surface area (Å²) in [6.07, 6.45) is 1.30. The fourth-order valence-corrected chi connectivity index (χ4v) is 2.27. The number of fused-ring (bicyclic) bond motifs is 1. The van der Waals surface area contributed by atoms with Crippen molar-refractivity contribution in [3.63, 3.8) is 0 Å². The Bertz CT molecular complexity index is 981. The van der Waals surface area contributed by atoms with E-state index in [2.05, 4.69) is 15.5 Å². The van der Waals surface area contributed by atoms with Crippen LogP contribution in [0.3, 0.4) is 0 Å². The number of aromatic nitrogens is 1. The number of ether oxygens (including phenoxy) is 1. The molecule has 6 nitrogen and oxygen atoms in total. The van der Waals surface area contributed by atoms with Gasteiger partial charge in [0.2, 0.25) is 0 Å². The number of hydrogen-bond acceptors (Lipinski definition) is 4. The summed E-state index contributed by atoms with van der Waals surface area (Å²) < 4.78 is 5.29. The molecule has 0 fully saturated rings. The number of pyridine rings is 1. The number of nitrogens with one attached hydrogen (secondary N) is 2. The summed E-state index contributed by atoms with van der Waals surface area (Å²) in [5.41, 5.74) is 3.12. The zero-order chi connectivity index (χ0) is 17.6. The van der Waals surface area contributed by atoms with Crippen molar-refractivity contribution >= 4 is 34.6 Å². The van der Waals surface area contributed by atoms with Crippen LogP contribution in [0.5, 0.6) is 5.75 Å². The van der Waals surface area contributed by atoms with Crippen LogP contribution in [-0.4, -0.2) is 23.7 Å². The lowest BCUT2D eigenvalue weighted by Gasteiger charge is -2.04. The van der Waals surface area contributed by atoms with Crippen molar-refractivity contribution in [2.45, 2.75) is 0 Å². The number of nitrogens with zero attached hydrogens (tertiary/aromatic N) is 1. The lowest BCUT2D eigenvalue weighted by Crippen LogP contribution is -2.25. The van der Waals surface area contributed by atoms with E-state index in [9.17, 15) is 9.59 Å². The molecule has 0 saturated carbocycles. The van der Waals surface area contributed by atoms with E-state index in [-0.39, 0.29) is 12.2 Å². The maximum atomic E-state index is 12.0. The van der Waals surface area contributed by atoms with Crippen LogP contribution in [0.1, 0.15) is 5.56 Å². The molecule has 0 spiro atoms. The van der Waals surface area contributed by atoms with Gasteiger partial charge in [-0.15, -0.1) is 0 Å². The predicted octanol–water partition coefficient (Wildman–Crippen LogP) is 2.71. The molecule has 0 aliphatic heterocycles. The molecule has 126 valence electrons. The molecule has 1 heterocycles. The third-order valence-electron chi connectivity index (χ3n) is 3.36. The number of halogens is 1. The second-order valence-electron chi connectivity index (χ2n) is 5.18. The second-order valence-corrected chi connectivity index (χ2v) is 5.61. The summed E-state index contributed by atoms with van der Waals surface area (Å²) >= 11 is 5.77. The Labute approximate surface area is 148 Å². The molecule has 0 saturated heterocycles. The zero-order valence-electron chi connectivity index (χ0n) is 13.0. The number of para-hydroxylation sites is 1. The molecule has 0 atom stereocenters. The van der Waals surface area contributed by atoms with E-state index in [1.807, 2.05) is 24.3 Å². The molecule has 0 aliphatic carbocycles. The minimum Gasteiger partial charge on any atom is -0.484 e. The summed E-state index contributed by atoms with van der Waals surface area (Å²) in [5.74, 6) is 0.0814. The van der Waals surface area contributed by atoms with Gasteiger partial charge >= 0.3 is 0 Å². The van der Waals surface area contributed by atoms with Gasteiger partial charge < -0.3 is 9.72 Å². The minimum absolute atomic E-state index is 0.201. The first-order valence-electron chi connectivity index (χ1n) is 7.44. The first-order chi connectivity index (χ1) is 12.1. The Morgan fingerprint density at radius 1 is 1.20 bits per heavy atom. The lowest BCUT2D eigenvalue weighted by atomic mass is 10.2. The van der Waals surface area contributed by atoms with Gasteiger partial charge in [-0.05, 0) is 41.8 Å². The number of H-pyrrole nitrogens is 1. The Morgan fingerprint density at radius 2 is 1.96 bits per heavy atom. The number of rotatable bonds is 5. The largest absolute Gasteiger partial charge is 0.484 e. The summed E-state index contributed by atoms with van der Waals surface area (Å²) in [5, 5.41) is 5.25. The van der Waals surface area contributed by atoms with E-state index < -0.39 is 5.91 Å². The highest BCUT2D eigenvalue weighted by Gasteiger charge is 2.03. The Kier molecular flexibility index (Phi) is 5.11. The van der Waals surface area contributed by atoms with Crippen LogP contribution < -0.4 is 15.7 Å². The Balaban J connectivity index is 1.59. The zero-order valence-corrected chi connectivity index (χ0v) is 13.8. The third-order valence-corrected chi connectivity index (χ3v) is 3.61. The van der Waals surface area contributed by atoms with Crippen molar-refractivity contribution < 1.29 is 9.53 Å². The molecule has 3 aromatic rings. The van der Waals surface area contributed by atoms with Gasteiger partial charge in [-0.3, -0.25) is 9.59 Å². The van der Waals surface area contributed by atoms with Gasteiger partial charge in [-0.2, -0.15) is 5.10 Å². The fourth-order valence-electron chi connectivity index (χ4n) is 2.15. The average molecular weight is 356 g/mol. The topological polar surface area (TPSA) is 83.5 Å². The van der Waals surface area contributed by atoms with Gasteiger partial charge in [-0.25, -0.2) is 5.43 Å². The number of carbonyl (C=O) groups is 1. The van der Waals surface area contributed by atoms with Gasteiger partial charge in [-0.1, -0.05) is 29.8 Å². The number of hydrogen-bond donors (Lipinski definition) is 2. The SMILES string of the molecule is O=C(COc1ccc(Cl)cc1)NN=Cc1cc2ccccc2[nH]c1=O. The minimum atomic E-state index is -0.441. The average Bonchev–Trinajstić information content (AvgIpc) is 2.61. The van der Waals surface area contributed by atoms with Crippen molar-refractivity contribution in [2.24, 2.45) is 5.10 Å². The molecule has 2 N–H and O–H groups in total. The Morgan fingerprint density at radius 3 is 2.76 bits per heavy atom. The summed E-state index contributed by atoms with van der Waals surface area (Å²) in [6, 6.07) is 15.8. The number of aromatic amines is 1. The highest BCUT2D eigenvalue weighted by molar-refractivity contribution is 6.30. The van der Waals surface area contributed by atoms with Gasteiger partial charge in [0.15, 0.2) is 6.61 Å². The summed E-state index contributed by atoms with van der Waals surface area (Å²) in [6.45, 7) is -0.201. The smallest absolute Gasteiger partial charge is 0.277 e. The van der Waals surface area contributed by atoms with E-state index in [0.717, 1.165) is 10.9 Å². The van der Waals surface area contributed by atoms with Crippen LogP contribution in [0.2, 0.25) is 5.02 Å². The van der Waals surface area contributed by atoms with Crippen molar-refractivity contribution in [3.05, 3.63) is 75.5 Å². The molecule has 0 radical (unpaired) electrons. The van der Waals surface area contributed by atoms with Crippen molar-refractivity contribution in [1.82, 2.24) is 10.4 Å². The van der Waals surface area contributed by atoms with Gasteiger partial charge in [0, 0.05) is 10.5 Å². The molecular formula is C18H14ClN3O3. The molecule has 1 aromatic heterocycles. The normalized spacial score (nSPS) is 10.9. The van der Waals surface area contributed by atoms with E-state index in [0.29, 0.717) is 16.3 Å². The van der Waals surface area contributed by atoms with E-state index in [4.69, 9.17) is 16.3 Å². The van der Waals surface area contributed by atoms with Crippen molar-refractivity contribution in [3.8, 4) is 5.75 Å². The van der Waals surface area contributed by atoms with Crippen molar-refractivity contribution in [2.75, 3.05) is 6.61 Å². The second kappa shape index (κ2) is 7.63. The maximum Gasteiger partial charge on any atom is 0.277 e. The molecule has 0 aliphatic rings.